The Labute approximate surface area is 231 Å². The number of nitrogens with one attached hydrogen (secondary N) is 1. The normalized spacial score (nSPS) is 14.6. The molecule has 40 heavy (non-hydrogen) atoms. The zero-order chi connectivity index (χ0) is 28.1. The van der Waals surface area contributed by atoms with E-state index in [9.17, 15) is 18.0 Å². The fourth-order valence-corrected chi connectivity index (χ4v) is 4.73. The average Bonchev–Trinajstić information content (AvgIpc) is 3.57. The van der Waals surface area contributed by atoms with Gasteiger partial charge in [-0.25, -0.2) is 9.67 Å². The van der Waals surface area contributed by atoms with Gasteiger partial charge in [0, 0.05) is 5.56 Å². The fourth-order valence-electron chi connectivity index (χ4n) is 3.89. The minimum Gasteiger partial charge on any atom is -0.492 e. The van der Waals surface area contributed by atoms with Crippen molar-refractivity contribution in [1.82, 2.24) is 20.2 Å². The molecular formula is C27H23F3N6O3S. The molecule has 0 saturated carbocycles. The van der Waals surface area contributed by atoms with Crippen LogP contribution in [0.4, 0.5) is 18.9 Å². The van der Waals surface area contributed by atoms with Gasteiger partial charge in [-0.3, -0.25) is 9.69 Å². The first-order valence-corrected chi connectivity index (χ1v) is 13.1. The molecule has 1 aliphatic rings. The van der Waals surface area contributed by atoms with E-state index in [-0.39, 0.29) is 11.7 Å². The fraction of sp³-hybridized carbons (Fsp3) is 0.185. The van der Waals surface area contributed by atoms with Crippen molar-refractivity contribution in [3.8, 4) is 28.6 Å². The van der Waals surface area contributed by atoms with Gasteiger partial charge in [-0.15, -0.1) is 18.3 Å². The average molecular weight is 569 g/mol. The van der Waals surface area contributed by atoms with Crippen LogP contribution in [-0.4, -0.2) is 44.6 Å². The summed E-state index contributed by atoms with van der Waals surface area (Å²) in [6.07, 6.45) is -3.27. The quantitative estimate of drug-likeness (QED) is 0.271. The third-order valence-corrected chi connectivity index (χ3v) is 6.59. The summed E-state index contributed by atoms with van der Waals surface area (Å²) in [6.45, 7) is 2.80. The largest absolute Gasteiger partial charge is 0.573 e. The second-order valence-corrected chi connectivity index (χ2v) is 9.34. The number of hydrazone groups is 1. The van der Waals surface area contributed by atoms with Gasteiger partial charge in [0.2, 0.25) is 5.91 Å². The predicted octanol–water partition coefficient (Wildman–Crippen LogP) is 5.37. The van der Waals surface area contributed by atoms with Gasteiger partial charge >= 0.3 is 6.36 Å². The third-order valence-electron chi connectivity index (χ3n) is 5.67. The van der Waals surface area contributed by atoms with Crippen LogP contribution in [0.1, 0.15) is 12.5 Å². The molecule has 9 nitrogen and oxygen atoms in total. The first-order chi connectivity index (χ1) is 19.3. The predicted molar refractivity (Wildman–Crippen MR) is 145 cm³/mol. The molecule has 5 rings (SSSR count). The van der Waals surface area contributed by atoms with Gasteiger partial charge in [0.1, 0.15) is 17.8 Å². The number of nitrogens with zero attached hydrogens (tertiary/aromatic N) is 5. The second kappa shape index (κ2) is 11.7. The maximum atomic E-state index is 12.6. The molecule has 0 unspecified atom stereocenters. The molecule has 206 valence electrons. The Hall–Kier alpha value is -4.52. The number of rotatable bonds is 9. The Morgan fingerprint density at radius 2 is 1.80 bits per heavy atom. The number of amidine groups is 1. The van der Waals surface area contributed by atoms with Gasteiger partial charge in [0.25, 0.3) is 0 Å². The van der Waals surface area contributed by atoms with Crippen molar-refractivity contribution in [2.45, 2.75) is 19.8 Å². The molecule has 3 aromatic carbocycles. The summed E-state index contributed by atoms with van der Waals surface area (Å²) < 4.78 is 48.2. The number of aromatic nitrogens is 3. The molecule has 0 aliphatic carbocycles. The number of halogens is 3. The van der Waals surface area contributed by atoms with Crippen LogP contribution in [0, 0.1) is 0 Å². The summed E-state index contributed by atoms with van der Waals surface area (Å²) in [5, 5.41) is 9.41. The maximum absolute atomic E-state index is 12.6. The summed E-state index contributed by atoms with van der Waals surface area (Å²) in [5.74, 6) is 0.986. The molecule has 2 heterocycles. The standard InChI is InChI=1S/C27H23F3N6O3S/c1-2-38-23-6-4-3-5-22(23)36-24(37)16-40-26(36)33-32-15-18-7-9-19(10-8-18)25-31-17-35(34-25)20-11-13-21(14-12-20)39-27(28,29)30/h3-14,17,32H,2,15-16H2,1H3/b33-26+. The molecule has 4 aromatic rings. The highest BCUT2D eigenvalue weighted by atomic mass is 32.2. The number of benzene rings is 3. The van der Waals surface area contributed by atoms with Crippen molar-refractivity contribution in [1.29, 1.82) is 0 Å². The lowest BCUT2D eigenvalue weighted by atomic mass is 10.1. The van der Waals surface area contributed by atoms with Crippen molar-refractivity contribution in [3.63, 3.8) is 0 Å². The first kappa shape index (κ1) is 27.1. The molecule has 0 atom stereocenters. The van der Waals surface area contributed by atoms with Gasteiger partial charge < -0.3 is 14.9 Å². The summed E-state index contributed by atoms with van der Waals surface area (Å²) in [6, 6.07) is 20.2. The van der Waals surface area contributed by atoms with Gasteiger partial charge in [-0.2, -0.15) is 5.10 Å². The van der Waals surface area contributed by atoms with E-state index in [2.05, 4.69) is 25.3 Å². The van der Waals surface area contributed by atoms with Crippen LogP contribution in [0.25, 0.3) is 17.1 Å². The smallest absolute Gasteiger partial charge is 0.492 e. The molecule has 0 bridgehead atoms. The van der Waals surface area contributed by atoms with E-state index in [4.69, 9.17) is 4.74 Å². The Kier molecular flexibility index (Phi) is 7.91. The van der Waals surface area contributed by atoms with Crippen molar-refractivity contribution in [2.75, 3.05) is 17.3 Å². The van der Waals surface area contributed by atoms with Crippen molar-refractivity contribution >= 4 is 28.5 Å². The Balaban J connectivity index is 1.22. The van der Waals surface area contributed by atoms with E-state index < -0.39 is 6.36 Å². The summed E-state index contributed by atoms with van der Waals surface area (Å²) >= 11 is 1.35. The van der Waals surface area contributed by atoms with Gasteiger partial charge in [0.15, 0.2) is 11.0 Å². The zero-order valence-electron chi connectivity index (χ0n) is 21.1. The number of alkyl halides is 3. The van der Waals surface area contributed by atoms with E-state index in [0.717, 1.165) is 11.1 Å². The molecule has 1 N–H and O–H groups in total. The molecule has 13 heteroatoms. The van der Waals surface area contributed by atoms with E-state index in [0.29, 0.717) is 47.0 Å². The number of thioether (sulfide) groups is 1. The number of carbonyl (C=O) groups excluding carboxylic acids is 1. The number of amides is 1. The van der Waals surface area contributed by atoms with Crippen LogP contribution in [0.3, 0.4) is 0 Å². The molecule has 1 fully saturated rings. The lowest BCUT2D eigenvalue weighted by molar-refractivity contribution is -0.274. The van der Waals surface area contributed by atoms with E-state index >= 15 is 0 Å². The lowest BCUT2D eigenvalue weighted by Gasteiger charge is -2.19. The number of hydrogen-bond acceptors (Lipinski definition) is 8. The van der Waals surface area contributed by atoms with E-state index in [1.807, 2.05) is 55.5 Å². The Morgan fingerprint density at radius 1 is 1.05 bits per heavy atom. The summed E-state index contributed by atoms with van der Waals surface area (Å²) in [7, 11) is 0. The molecule has 1 saturated heterocycles. The Morgan fingerprint density at radius 3 is 2.52 bits per heavy atom. The van der Waals surface area contributed by atoms with Crippen molar-refractivity contribution in [3.05, 3.63) is 84.7 Å². The number of carbonyl (C=O) groups is 1. The molecule has 1 amide bonds. The topological polar surface area (TPSA) is 93.9 Å². The molecule has 0 radical (unpaired) electrons. The van der Waals surface area contributed by atoms with Crippen LogP contribution in [0.2, 0.25) is 0 Å². The number of hydrogen-bond donors (Lipinski definition) is 1. The first-order valence-electron chi connectivity index (χ1n) is 12.2. The highest BCUT2D eigenvalue weighted by molar-refractivity contribution is 8.15. The number of ether oxygens (including phenoxy) is 2. The third kappa shape index (κ3) is 6.37. The highest BCUT2D eigenvalue weighted by Gasteiger charge is 2.32. The number of para-hydroxylation sites is 2. The monoisotopic (exact) mass is 568 g/mol. The Bertz CT molecular complexity index is 1510. The minimum atomic E-state index is -4.75. The molecule has 1 aliphatic heterocycles. The van der Waals surface area contributed by atoms with Crippen LogP contribution in [0.15, 0.2) is 84.2 Å². The van der Waals surface area contributed by atoms with Crippen LogP contribution >= 0.6 is 11.8 Å². The maximum Gasteiger partial charge on any atom is 0.573 e. The SMILES string of the molecule is CCOc1ccccc1N1C(=O)CS/C1=N/NCc1ccc(-c2ncn(-c3ccc(OC(F)(F)F)cc3)n2)cc1. The second-order valence-electron chi connectivity index (χ2n) is 8.40. The minimum absolute atomic E-state index is 0.0698. The lowest BCUT2D eigenvalue weighted by Crippen LogP contribution is -2.31. The van der Waals surface area contributed by atoms with Crippen LogP contribution in [0.5, 0.6) is 11.5 Å². The molecular weight excluding hydrogens is 545 g/mol. The van der Waals surface area contributed by atoms with E-state index in [1.165, 1.54) is 47.0 Å². The van der Waals surface area contributed by atoms with Crippen LogP contribution < -0.4 is 19.8 Å². The molecule has 1 aromatic heterocycles. The highest BCUT2D eigenvalue weighted by Crippen LogP contribution is 2.34. The van der Waals surface area contributed by atoms with Crippen molar-refractivity contribution in [2.24, 2.45) is 5.10 Å². The van der Waals surface area contributed by atoms with Crippen LogP contribution in [-0.2, 0) is 11.3 Å². The number of anilines is 1. The summed E-state index contributed by atoms with van der Waals surface area (Å²) in [5.41, 5.74) is 5.94. The van der Waals surface area contributed by atoms with Crippen molar-refractivity contribution < 1.29 is 27.4 Å². The van der Waals surface area contributed by atoms with Gasteiger partial charge in [-0.05, 0) is 48.9 Å². The molecule has 0 spiro atoms. The summed E-state index contributed by atoms with van der Waals surface area (Å²) in [4.78, 5) is 18.5. The zero-order valence-corrected chi connectivity index (χ0v) is 21.9. The van der Waals surface area contributed by atoms with E-state index in [1.54, 1.807) is 4.90 Å². The van der Waals surface area contributed by atoms with Gasteiger partial charge in [0.05, 0.1) is 30.3 Å². The van der Waals surface area contributed by atoms with Gasteiger partial charge in [-0.1, -0.05) is 48.2 Å².